The first-order chi connectivity index (χ1) is 8.93. The number of carbonyl (C=O) groups excluding carboxylic acids is 1. The van der Waals surface area contributed by atoms with Gasteiger partial charge < -0.3 is 10.4 Å². The third-order valence-corrected chi connectivity index (χ3v) is 4.39. The first kappa shape index (κ1) is 16.1. The molecular formula is C15H23NO2S. The van der Waals surface area contributed by atoms with Gasteiger partial charge in [0.15, 0.2) is 0 Å². The maximum absolute atomic E-state index is 11.8. The van der Waals surface area contributed by atoms with E-state index in [1.807, 2.05) is 13.8 Å². The summed E-state index contributed by atoms with van der Waals surface area (Å²) in [6.07, 6.45) is 0. The fourth-order valence-electron chi connectivity index (χ4n) is 1.60. The Labute approximate surface area is 119 Å². The number of hydrogen-bond acceptors (Lipinski definition) is 3. The van der Waals surface area contributed by atoms with Crippen molar-refractivity contribution in [2.45, 2.75) is 38.6 Å². The minimum absolute atomic E-state index is 0.00305. The number of aliphatic hydroxyl groups excluding tert-OH is 1. The smallest absolute Gasteiger partial charge is 0.230 e. The number of thioether (sulfide) groups is 1. The van der Waals surface area contributed by atoms with Crippen LogP contribution in [0.4, 0.5) is 0 Å². The van der Waals surface area contributed by atoms with Crippen LogP contribution in [0.15, 0.2) is 23.1 Å². The van der Waals surface area contributed by atoms with Crippen molar-refractivity contribution in [2.24, 2.45) is 5.92 Å². The second kappa shape index (κ2) is 7.56. The molecule has 0 saturated carbocycles. The topological polar surface area (TPSA) is 49.3 Å². The van der Waals surface area contributed by atoms with Gasteiger partial charge in [0.25, 0.3) is 0 Å². The van der Waals surface area contributed by atoms with Crippen molar-refractivity contribution < 1.29 is 9.90 Å². The molecule has 0 heterocycles. The molecule has 0 aliphatic rings. The average molecular weight is 281 g/mol. The SMILES string of the molecule is Cc1ccc(C)c(SCC(=O)NC(C)C(C)CO)c1. The average Bonchev–Trinajstić information content (AvgIpc) is 2.38. The van der Waals surface area contributed by atoms with Crippen molar-refractivity contribution in [3.63, 3.8) is 0 Å². The van der Waals surface area contributed by atoms with Crippen LogP contribution in [-0.4, -0.2) is 29.4 Å². The van der Waals surface area contributed by atoms with Crippen LogP contribution < -0.4 is 5.32 Å². The second-order valence-electron chi connectivity index (χ2n) is 5.07. The number of hydrogen-bond donors (Lipinski definition) is 2. The Balaban J connectivity index is 2.48. The molecule has 0 aliphatic heterocycles. The monoisotopic (exact) mass is 281 g/mol. The van der Waals surface area contributed by atoms with Crippen molar-refractivity contribution in [1.29, 1.82) is 0 Å². The zero-order chi connectivity index (χ0) is 14.4. The van der Waals surface area contributed by atoms with Crippen molar-refractivity contribution >= 4 is 17.7 Å². The van der Waals surface area contributed by atoms with Gasteiger partial charge in [-0.25, -0.2) is 0 Å². The number of aryl methyl sites for hydroxylation is 2. The van der Waals surface area contributed by atoms with Crippen molar-refractivity contribution in [1.82, 2.24) is 5.32 Å². The van der Waals surface area contributed by atoms with Crippen LogP contribution in [0.1, 0.15) is 25.0 Å². The lowest BCUT2D eigenvalue weighted by Gasteiger charge is -2.19. The highest BCUT2D eigenvalue weighted by Gasteiger charge is 2.14. The van der Waals surface area contributed by atoms with Crippen LogP contribution in [0.25, 0.3) is 0 Å². The summed E-state index contributed by atoms with van der Waals surface area (Å²) in [5.41, 5.74) is 2.40. The Hall–Kier alpha value is -1.00. The molecule has 0 aliphatic carbocycles. The molecule has 2 unspecified atom stereocenters. The Bertz CT molecular complexity index is 434. The lowest BCUT2D eigenvalue weighted by atomic mass is 10.1. The fraction of sp³-hybridized carbons (Fsp3) is 0.533. The van der Waals surface area contributed by atoms with Gasteiger partial charge in [0.1, 0.15) is 0 Å². The van der Waals surface area contributed by atoms with Gasteiger partial charge in [-0.1, -0.05) is 24.6 Å². The summed E-state index contributed by atoms with van der Waals surface area (Å²) in [4.78, 5) is 13.0. The quantitative estimate of drug-likeness (QED) is 0.788. The summed E-state index contributed by atoms with van der Waals surface area (Å²) in [6.45, 7) is 8.03. The fourth-order valence-corrected chi connectivity index (χ4v) is 2.54. The molecule has 1 amide bonds. The molecular weight excluding hydrogens is 258 g/mol. The molecule has 19 heavy (non-hydrogen) atoms. The highest BCUT2D eigenvalue weighted by Crippen LogP contribution is 2.23. The summed E-state index contributed by atoms with van der Waals surface area (Å²) < 4.78 is 0. The Kier molecular flexibility index (Phi) is 6.38. The standard InChI is InChI=1S/C15H23NO2S/c1-10-5-6-11(2)14(7-10)19-9-15(18)16-13(4)12(3)8-17/h5-7,12-13,17H,8-9H2,1-4H3,(H,16,18). The van der Waals surface area contributed by atoms with Crippen LogP contribution >= 0.6 is 11.8 Å². The summed E-state index contributed by atoms with van der Waals surface area (Å²) in [7, 11) is 0. The molecule has 0 fully saturated rings. The van der Waals surface area contributed by atoms with E-state index in [1.165, 1.54) is 11.1 Å². The lowest BCUT2D eigenvalue weighted by Crippen LogP contribution is -2.39. The zero-order valence-electron chi connectivity index (χ0n) is 12.1. The largest absolute Gasteiger partial charge is 0.396 e. The number of carbonyl (C=O) groups is 1. The predicted molar refractivity (Wildman–Crippen MR) is 80.5 cm³/mol. The van der Waals surface area contributed by atoms with Crippen LogP contribution in [0, 0.1) is 19.8 Å². The maximum atomic E-state index is 11.8. The number of amides is 1. The normalized spacial score (nSPS) is 13.9. The first-order valence-electron chi connectivity index (χ1n) is 6.54. The minimum atomic E-state index is -0.00305. The summed E-state index contributed by atoms with van der Waals surface area (Å²) in [5.74, 6) is 0.501. The minimum Gasteiger partial charge on any atom is -0.396 e. The zero-order valence-corrected chi connectivity index (χ0v) is 12.9. The van der Waals surface area contributed by atoms with Crippen LogP contribution in [-0.2, 0) is 4.79 Å². The third-order valence-electron chi connectivity index (χ3n) is 3.23. The molecule has 2 atom stereocenters. The van der Waals surface area contributed by atoms with E-state index >= 15 is 0 Å². The Morgan fingerprint density at radius 1 is 1.37 bits per heavy atom. The molecule has 2 N–H and O–H groups in total. The van der Waals surface area contributed by atoms with Gasteiger partial charge in [-0.2, -0.15) is 0 Å². The van der Waals surface area contributed by atoms with Crippen LogP contribution in [0.2, 0.25) is 0 Å². The van der Waals surface area contributed by atoms with Gasteiger partial charge in [0.05, 0.1) is 5.75 Å². The molecule has 0 bridgehead atoms. The van der Waals surface area contributed by atoms with E-state index in [1.54, 1.807) is 11.8 Å². The maximum Gasteiger partial charge on any atom is 0.230 e. The molecule has 3 nitrogen and oxygen atoms in total. The summed E-state index contributed by atoms with van der Waals surface area (Å²) >= 11 is 1.56. The van der Waals surface area contributed by atoms with Gasteiger partial charge in [-0.05, 0) is 38.3 Å². The Morgan fingerprint density at radius 3 is 2.68 bits per heavy atom. The molecule has 106 valence electrons. The van der Waals surface area contributed by atoms with Gasteiger partial charge in [-0.15, -0.1) is 11.8 Å². The van der Waals surface area contributed by atoms with Gasteiger partial charge in [0, 0.05) is 17.5 Å². The third kappa shape index (κ3) is 5.25. The van der Waals surface area contributed by atoms with E-state index < -0.39 is 0 Å². The molecule has 1 aromatic rings. The van der Waals surface area contributed by atoms with E-state index in [-0.39, 0.29) is 24.5 Å². The van der Waals surface area contributed by atoms with Gasteiger partial charge in [-0.3, -0.25) is 4.79 Å². The highest BCUT2D eigenvalue weighted by molar-refractivity contribution is 8.00. The van der Waals surface area contributed by atoms with Gasteiger partial charge >= 0.3 is 0 Å². The molecule has 0 spiro atoms. The predicted octanol–water partition coefficient (Wildman–Crippen LogP) is 2.53. The van der Waals surface area contributed by atoms with E-state index in [4.69, 9.17) is 5.11 Å². The van der Waals surface area contributed by atoms with E-state index in [9.17, 15) is 4.79 Å². The lowest BCUT2D eigenvalue weighted by molar-refractivity contribution is -0.119. The van der Waals surface area contributed by atoms with E-state index in [0.29, 0.717) is 5.75 Å². The Morgan fingerprint density at radius 2 is 2.05 bits per heavy atom. The molecule has 4 heteroatoms. The number of rotatable bonds is 6. The van der Waals surface area contributed by atoms with Crippen molar-refractivity contribution in [2.75, 3.05) is 12.4 Å². The van der Waals surface area contributed by atoms with Crippen molar-refractivity contribution in [3.05, 3.63) is 29.3 Å². The number of nitrogens with one attached hydrogen (secondary N) is 1. The van der Waals surface area contributed by atoms with E-state index in [2.05, 4.69) is 37.4 Å². The van der Waals surface area contributed by atoms with Crippen molar-refractivity contribution in [3.8, 4) is 0 Å². The molecule has 1 aromatic carbocycles. The molecule has 0 radical (unpaired) electrons. The second-order valence-corrected chi connectivity index (χ2v) is 6.09. The summed E-state index contributed by atoms with van der Waals surface area (Å²) in [6, 6.07) is 6.25. The first-order valence-corrected chi connectivity index (χ1v) is 7.53. The number of aliphatic hydroxyl groups is 1. The van der Waals surface area contributed by atoms with Gasteiger partial charge in [0.2, 0.25) is 5.91 Å². The molecule has 0 saturated heterocycles. The molecule has 1 rings (SSSR count). The van der Waals surface area contributed by atoms with Crippen LogP contribution in [0.5, 0.6) is 0 Å². The number of benzene rings is 1. The van der Waals surface area contributed by atoms with E-state index in [0.717, 1.165) is 4.90 Å². The molecule has 0 aromatic heterocycles. The highest BCUT2D eigenvalue weighted by atomic mass is 32.2. The summed E-state index contributed by atoms with van der Waals surface area (Å²) in [5, 5.41) is 12.0. The van der Waals surface area contributed by atoms with Crippen LogP contribution in [0.3, 0.4) is 0 Å².